The first-order chi connectivity index (χ1) is 14.5. The molecule has 2 aromatic rings. The number of carbonyl (C=O) groups excluding carboxylic acids is 1. The quantitative estimate of drug-likeness (QED) is 0.635. The summed E-state index contributed by atoms with van der Waals surface area (Å²) in [5, 5.41) is 11.1. The fourth-order valence-corrected chi connectivity index (χ4v) is 3.54. The monoisotopic (exact) mass is 428 g/mol. The number of nitrogens with zero attached hydrogens (tertiary/aromatic N) is 2. The average molecular weight is 428 g/mol. The molecule has 2 heterocycles. The molecule has 3 rings (SSSR count). The molecular weight excluding hydrogens is 406 g/mol. The molecule has 1 aliphatic heterocycles. The molecule has 0 bridgehead atoms. The summed E-state index contributed by atoms with van der Waals surface area (Å²) < 4.78 is 29.8. The Morgan fingerprint density at radius 1 is 1.32 bits per heavy atom. The Hall–Kier alpha value is -3.67. The number of halogens is 2. The summed E-state index contributed by atoms with van der Waals surface area (Å²) in [7, 11) is 0. The van der Waals surface area contributed by atoms with Gasteiger partial charge in [-0.2, -0.15) is 8.78 Å². The van der Waals surface area contributed by atoms with E-state index in [0.29, 0.717) is 11.3 Å². The van der Waals surface area contributed by atoms with Gasteiger partial charge >= 0.3 is 6.09 Å². The van der Waals surface area contributed by atoms with Crippen LogP contribution in [0.1, 0.15) is 32.2 Å². The van der Waals surface area contributed by atoms with Crippen molar-refractivity contribution in [3.8, 4) is 23.6 Å². The highest BCUT2D eigenvalue weighted by molar-refractivity contribution is 5.90. The van der Waals surface area contributed by atoms with E-state index in [1.165, 1.54) is 13.1 Å². The molecule has 1 aliphatic rings. The molecule has 0 fully saturated rings. The summed E-state index contributed by atoms with van der Waals surface area (Å²) in [6.45, 7) is 3.79. The van der Waals surface area contributed by atoms with Crippen LogP contribution in [0.15, 0.2) is 36.2 Å². The molecule has 0 radical (unpaired) electrons. The Morgan fingerprint density at radius 2 is 1.97 bits per heavy atom. The van der Waals surface area contributed by atoms with Gasteiger partial charge in [0.2, 0.25) is 5.91 Å². The molecular formula is C22H22F2N4O3. The number of alkyl halides is 2. The number of carbonyl (C=O) groups is 2. The number of amides is 2. The predicted octanol–water partition coefficient (Wildman–Crippen LogP) is 3.56. The van der Waals surface area contributed by atoms with E-state index in [1.807, 2.05) is 0 Å². The summed E-state index contributed by atoms with van der Waals surface area (Å²) in [5.74, 6) is -2.06. The summed E-state index contributed by atoms with van der Waals surface area (Å²) in [6, 6.07) is 5.81. The highest BCUT2D eigenvalue weighted by Crippen LogP contribution is 2.42. The average Bonchev–Trinajstić information content (AvgIpc) is 3.27. The number of imidazole rings is 1. The Bertz CT molecular complexity index is 1080. The van der Waals surface area contributed by atoms with E-state index in [4.69, 9.17) is 11.5 Å². The zero-order valence-corrected chi connectivity index (χ0v) is 17.2. The van der Waals surface area contributed by atoms with E-state index in [2.05, 4.69) is 21.2 Å². The molecule has 2 amide bonds. The number of aromatic nitrogens is 2. The number of H-pyrrole nitrogens is 1. The standard InChI is InChI=1S/C22H22F2N4O3/c1-5-14-6-8-15(9-7-14)16-10-25-19(26-16)17-13(4)28(11-22(17,23)24)20(29)18(12(2)3)27-21(30)31/h1,6-10,12,18,27H,11H2,2-4H3,(H,25,26)(H,30,31). The first-order valence-electron chi connectivity index (χ1n) is 9.57. The van der Waals surface area contributed by atoms with Crippen LogP contribution in [0.2, 0.25) is 0 Å². The zero-order chi connectivity index (χ0) is 22.9. The molecule has 1 aromatic carbocycles. The number of carboxylic acid groups (broad SMARTS) is 1. The second-order valence-electron chi connectivity index (χ2n) is 7.63. The second-order valence-corrected chi connectivity index (χ2v) is 7.63. The van der Waals surface area contributed by atoms with Crippen molar-refractivity contribution < 1.29 is 23.5 Å². The van der Waals surface area contributed by atoms with E-state index in [9.17, 15) is 18.4 Å². The maximum absolute atomic E-state index is 14.9. The normalized spacial score (nSPS) is 16.4. The number of terminal acetylenes is 1. The lowest BCUT2D eigenvalue weighted by molar-refractivity contribution is -0.134. The summed E-state index contributed by atoms with van der Waals surface area (Å²) in [5.41, 5.74) is 1.55. The lowest BCUT2D eigenvalue weighted by Crippen LogP contribution is -2.50. The van der Waals surface area contributed by atoms with Crippen LogP contribution in [-0.4, -0.2) is 50.5 Å². The van der Waals surface area contributed by atoms with Gasteiger partial charge < -0.3 is 20.3 Å². The SMILES string of the molecule is C#Cc1ccc(-c2cnc(C3=C(C)N(C(=O)C(NC(=O)O)C(C)C)CC3(F)F)[nH]2)cc1. The highest BCUT2D eigenvalue weighted by atomic mass is 19.3. The Balaban J connectivity index is 1.95. The molecule has 31 heavy (non-hydrogen) atoms. The van der Waals surface area contributed by atoms with Gasteiger partial charge in [0.05, 0.1) is 24.0 Å². The molecule has 1 aromatic heterocycles. The third kappa shape index (κ3) is 4.28. The van der Waals surface area contributed by atoms with Crippen molar-refractivity contribution in [1.82, 2.24) is 20.2 Å². The molecule has 0 aliphatic carbocycles. The van der Waals surface area contributed by atoms with E-state index in [0.717, 1.165) is 10.5 Å². The molecule has 1 unspecified atom stereocenters. The Kier molecular flexibility index (Phi) is 5.84. The van der Waals surface area contributed by atoms with Crippen LogP contribution in [-0.2, 0) is 4.79 Å². The minimum absolute atomic E-state index is 0.0245. The Morgan fingerprint density at radius 3 is 2.52 bits per heavy atom. The number of nitrogens with one attached hydrogen (secondary N) is 2. The van der Waals surface area contributed by atoms with Crippen molar-refractivity contribution in [2.24, 2.45) is 5.92 Å². The molecule has 162 valence electrons. The van der Waals surface area contributed by atoms with Crippen LogP contribution >= 0.6 is 0 Å². The fraction of sp³-hybridized carbons (Fsp3) is 0.318. The highest BCUT2D eigenvalue weighted by Gasteiger charge is 2.49. The van der Waals surface area contributed by atoms with Crippen molar-refractivity contribution >= 4 is 17.6 Å². The number of benzene rings is 1. The van der Waals surface area contributed by atoms with E-state index >= 15 is 0 Å². The number of hydrogen-bond acceptors (Lipinski definition) is 3. The lowest BCUT2D eigenvalue weighted by atomic mass is 10.0. The summed E-state index contributed by atoms with van der Waals surface area (Å²) >= 11 is 0. The van der Waals surface area contributed by atoms with Crippen LogP contribution in [0.4, 0.5) is 13.6 Å². The number of hydrogen-bond donors (Lipinski definition) is 3. The predicted molar refractivity (Wildman–Crippen MR) is 111 cm³/mol. The van der Waals surface area contributed by atoms with Gasteiger partial charge in [-0.1, -0.05) is 31.9 Å². The van der Waals surface area contributed by atoms with Gasteiger partial charge in [-0.05, 0) is 30.5 Å². The number of rotatable bonds is 5. The van der Waals surface area contributed by atoms with Gasteiger partial charge in [-0.15, -0.1) is 6.42 Å². The molecule has 0 saturated heterocycles. The minimum atomic E-state index is -3.35. The summed E-state index contributed by atoms with van der Waals surface area (Å²) in [4.78, 5) is 31.8. The third-order valence-electron chi connectivity index (χ3n) is 5.14. The van der Waals surface area contributed by atoms with Crippen LogP contribution < -0.4 is 5.32 Å². The third-order valence-corrected chi connectivity index (χ3v) is 5.14. The van der Waals surface area contributed by atoms with Crippen LogP contribution in [0.3, 0.4) is 0 Å². The largest absolute Gasteiger partial charge is 0.465 e. The number of aromatic amines is 1. The smallest absolute Gasteiger partial charge is 0.405 e. The van der Waals surface area contributed by atoms with E-state index in [-0.39, 0.29) is 11.5 Å². The zero-order valence-electron chi connectivity index (χ0n) is 17.2. The molecule has 0 spiro atoms. The topological polar surface area (TPSA) is 98.3 Å². The molecule has 1 atom stereocenters. The first-order valence-corrected chi connectivity index (χ1v) is 9.57. The van der Waals surface area contributed by atoms with E-state index < -0.39 is 42.0 Å². The van der Waals surface area contributed by atoms with Gasteiger partial charge in [-0.3, -0.25) is 4.79 Å². The Labute approximate surface area is 178 Å². The van der Waals surface area contributed by atoms with E-state index in [1.54, 1.807) is 38.1 Å². The van der Waals surface area contributed by atoms with Gasteiger partial charge in [0.1, 0.15) is 11.9 Å². The molecule has 7 nitrogen and oxygen atoms in total. The molecule has 3 N–H and O–H groups in total. The van der Waals surface area contributed by atoms with Crippen LogP contribution in [0.5, 0.6) is 0 Å². The maximum atomic E-state index is 14.9. The van der Waals surface area contributed by atoms with Crippen molar-refractivity contribution in [1.29, 1.82) is 0 Å². The molecule has 0 saturated carbocycles. The second kappa shape index (κ2) is 8.22. The van der Waals surface area contributed by atoms with Crippen molar-refractivity contribution in [2.75, 3.05) is 6.54 Å². The lowest BCUT2D eigenvalue weighted by Gasteiger charge is -2.26. The minimum Gasteiger partial charge on any atom is -0.465 e. The fourth-order valence-electron chi connectivity index (χ4n) is 3.54. The van der Waals surface area contributed by atoms with Crippen molar-refractivity contribution in [3.63, 3.8) is 0 Å². The van der Waals surface area contributed by atoms with Crippen LogP contribution in [0.25, 0.3) is 16.8 Å². The van der Waals surface area contributed by atoms with Crippen molar-refractivity contribution in [2.45, 2.75) is 32.7 Å². The molecule has 9 heteroatoms. The number of allylic oxidation sites excluding steroid dienone is 1. The maximum Gasteiger partial charge on any atom is 0.405 e. The van der Waals surface area contributed by atoms with Crippen LogP contribution in [0, 0.1) is 18.3 Å². The van der Waals surface area contributed by atoms with Gasteiger partial charge in [0, 0.05) is 11.3 Å². The van der Waals surface area contributed by atoms with Crippen molar-refractivity contribution in [3.05, 3.63) is 47.5 Å². The summed E-state index contributed by atoms with van der Waals surface area (Å²) in [6.07, 6.45) is 5.38. The van der Waals surface area contributed by atoms with Gasteiger partial charge in [-0.25, -0.2) is 9.78 Å². The van der Waals surface area contributed by atoms with Gasteiger partial charge in [0.25, 0.3) is 5.92 Å². The first kappa shape index (κ1) is 22.0. The van der Waals surface area contributed by atoms with Gasteiger partial charge in [0.15, 0.2) is 0 Å².